The van der Waals surface area contributed by atoms with Crippen LogP contribution in [0.15, 0.2) is 16.6 Å². The van der Waals surface area contributed by atoms with Crippen LogP contribution in [-0.2, 0) is 0 Å². The van der Waals surface area contributed by atoms with Crippen LogP contribution in [0.2, 0.25) is 0 Å². The quantitative estimate of drug-likeness (QED) is 0.832. The molecule has 1 aromatic carbocycles. The third kappa shape index (κ3) is 2.63. The standard InChI is InChI=1S/C9H8BrF3O2/c1-4-2-5(3-6(10)7(4)14)8(15)9(11,12)13/h2-3,8,14-15H,1H3. The molecule has 6 heteroatoms. The highest BCUT2D eigenvalue weighted by molar-refractivity contribution is 9.10. The molecule has 2 nitrogen and oxygen atoms in total. The van der Waals surface area contributed by atoms with Crippen LogP contribution in [0.1, 0.15) is 17.2 Å². The summed E-state index contributed by atoms with van der Waals surface area (Å²) in [6.07, 6.45) is -7.24. The summed E-state index contributed by atoms with van der Waals surface area (Å²) in [7, 11) is 0. The minimum atomic E-state index is -4.71. The largest absolute Gasteiger partial charge is 0.506 e. The number of hydrogen-bond acceptors (Lipinski definition) is 2. The van der Waals surface area contributed by atoms with Crippen molar-refractivity contribution in [1.29, 1.82) is 0 Å². The van der Waals surface area contributed by atoms with E-state index in [0.29, 0.717) is 0 Å². The number of benzene rings is 1. The third-order valence-corrected chi connectivity index (χ3v) is 2.51. The topological polar surface area (TPSA) is 40.5 Å². The van der Waals surface area contributed by atoms with Crippen LogP contribution in [0.5, 0.6) is 5.75 Å². The van der Waals surface area contributed by atoms with Gasteiger partial charge in [-0.15, -0.1) is 0 Å². The molecule has 0 heterocycles. The molecular weight excluding hydrogens is 277 g/mol. The van der Waals surface area contributed by atoms with E-state index >= 15 is 0 Å². The van der Waals surface area contributed by atoms with E-state index < -0.39 is 12.3 Å². The Morgan fingerprint density at radius 1 is 1.33 bits per heavy atom. The molecule has 0 radical (unpaired) electrons. The molecule has 0 spiro atoms. The number of halogens is 4. The van der Waals surface area contributed by atoms with E-state index in [1.165, 1.54) is 6.92 Å². The van der Waals surface area contributed by atoms with Gasteiger partial charge in [0.05, 0.1) is 4.47 Å². The highest BCUT2D eigenvalue weighted by Crippen LogP contribution is 2.37. The first-order chi connectivity index (χ1) is 6.73. The van der Waals surface area contributed by atoms with Crippen molar-refractivity contribution in [2.75, 3.05) is 0 Å². The highest BCUT2D eigenvalue weighted by Gasteiger charge is 2.39. The molecule has 0 saturated carbocycles. The van der Waals surface area contributed by atoms with Crippen LogP contribution in [0.3, 0.4) is 0 Å². The molecule has 0 saturated heterocycles. The molecular formula is C9H8BrF3O2. The van der Waals surface area contributed by atoms with Gasteiger partial charge in [-0.3, -0.25) is 0 Å². The van der Waals surface area contributed by atoms with Crippen LogP contribution >= 0.6 is 15.9 Å². The zero-order valence-electron chi connectivity index (χ0n) is 7.64. The Morgan fingerprint density at radius 2 is 1.87 bits per heavy atom. The molecule has 0 aromatic heterocycles. The van der Waals surface area contributed by atoms with Crippen molar-refractivity contribution in [3.63, 3.8) is 0 Å². The number of rotatable bonds is 1. The fourth-order valence-corrected chi connectivity index (χ4v) is 1.69. The molecule has 1 atom stereocenters. The zero-order valence-corrected chi connectivity index (χ0v) is 9.22. The lowest BCUT2D eigenvalue weighted by molar-refractivity contribution is -0.206. The fraction of sp³-hybridized carbons (Fsp3) is 0.333. The number of aryl methyl sites for hydroxylation is 1. The van der Waals surface area contributed by atoms with Gasteiger partial charge in [0.25, 0.3) is 0 Å². The van der Waals surface area contributed by atoms with Crippen molar-refractivity contribution in [1.82, 2.24) is 0 Å². The van der Waals surface area contributed by atoms with Crippen LogP contribution in [0, 0.1) is 6.92 Å². The predicted octanol–water partition coefficient (Wildman–Crippen LogP) is 3.06. The normalized spacial score (nSPS) is 14.0. The van der Waals surface area contributed by atoms with Crippen molar-refractivity contribution in [2.24, 2.45) is 0 Å². The lowest BCUT2D eigenvalue weighted by Gasteiger charge is -2.16. The second-order valence-corrected chi connectivity index (χ2v) is 3.97. The molecule has 84 valence electrons. The SMILES string of the molecule is Cc1cc(C(O)C(F)(F)F)cc(Br)c1O. The van der Waals surface area contributed by atoms with Crippen molar-refractivity contribution in [3.05, 3.63) is 27.7 Å². The average molecular weight is 285 g/mol. The molecule has 0 amide bonds. The molecule has 0 aliphatic heterocycles. The average Bonchev–Trinajstić information content (AvgIpc) is 2.10. The maximum Gasteiger partial charge on any atom is 0.418 e. The summed E-state index contributed by atoms with van der Waals surface area (Å²) in [5.74, 6) is -0.131. The van der Waals surface area contributed by atoms with E-state index in [1.54, 1.807) is 0 Å². The maximum absolute atomic E-state index is 12.2. The minimum absolute atomic E-state index is 0.126. The molecule has 1 aromatic rings. The summed E-state index contributed by atoms with van der Waals surface area (Å²) < 4.78 is 36.6. The number of alkyl halides is 3. The molecule has 1 unspecified atom stereocenters. The number of aliphatic hydroxyl groups is 1. The summed E-state index contributed by atoms with van der Waals surface area (Å²) in [4.78, 5) is 0. The molecule has 2 N–H and O–H groups in total. The van der Waals surface area contributed by atoms with Crippen LogP contribution in [0.25, 0.3) is 0 Å². The van der Waals surface area contributed by atoms with Crippen molar-refractivity contribution in [2.45, 2.75) is 19.2 Å². The summed E-state index contributed by atoms with van der Waals surface area (Å²) in [5.41, 5.74) is -0.0349. The second kappa shape index (κ2) is 4.02. The molecule has 0 fully saturated rings. The smallest absolute Gasteiger partial charge is 0.418 e. The zero-order chi connectivity index (χ0) is 11.8. The predicted molar refractivity (Wildman–Crippen MR) is 51.6 cm³/mol. The number of phenolic OH excluding ortho intramolecular Hbond substituents is 1. The summed E-state index contributed by atoms with van der Waals surface area (Å²) in [6, 6.07) is 2.14. The van der Waals surface area contributed by atoms with E-state index in [4.69, 9.17) is 5.11 Å². The van der Waals surface area contributed by atoms with E-state index in [2.05, 4.69) is 15.9 Å². The second-order valence-electron chi connectivity index (χ2n) is 3.11. The lowest BCUT2D eigenvalue weighted by atomic mass is 10.1. The summed E-state index contributed by atoms with van der Waals surface area (Å²) in [5, 5.41) is 18.3. The first-order valence-corrected chi connectivity index (χ1v) is 4.76. The first kappa shape index (κ1) is 12.3. The first-order valence-electron chi connectivity index (χ1n) is 3.97. The van der Waals surface area contributed by atoms with Gasteiger partial charge in [-0.1, -0.05) is 0 Å². The van der Waals surface area contributed by atoms with Gasteiger partial charge in [0, 0.05) is 0 Å². The van der Waals surface area contributed by atoms with Gasteiger partial charge < -0.3 is 10.2 Å². The van der Waals surface area contributed by atoms with Crippen LogP contribution in [0.4, 0.5) is 13.2 Å². The van der Waals surface area contributed by atoms with Gasteiger partial charge in [0.1, 0.15) is 5.75 Å². The molecule has 1 rings (SSSR count). The maximum atomic E-state index is 12.2. The van der Waals surface area contributed by atoms with Crippen molar-refractivity contribution in [3.8, 4) is 5.75 Å². The number of phenols is 1. The van der Waals surface area contributed by atoms with E-state index in [-0.39, 0.29) is 21.3 Å². The van der Waals surface area contributed by atoms with Gasteiger partial charge in [-0.05, 0) is 46.1 Å². The molecule has 0 aliphatic carbocycles. The number of aliphatic hydroxyl groups excluding tert-OH is 1. The van der Waals surface area contributed by atoms with E-state index in [0.717, 1.165) is 12.1 Å². The van der Waals surface area contributed by atoms with Crippen LogP contribution in [-0.4, -0.2) is 16.4 Å². The van der Waals surface area contributed by atoms with Gasteiger partial charge in [-0.25, -0.2) is 0 Å². The third-order valence-electron chi connectivity index (χ3n) is 1.90. The van der Waals surface area contributed by atoms with Gasteiger partial charge in [0.15, 0.2) is 6.10 Å². The Kier molecular flexibility index (Phi) is 3.30. The van der Waals surface area contributed by atoms with E-state index in [9.17, 15) is 18.3 Å². The molecule has 0 aliphatic rings. The van der Waals surface area contributed by atoms with Gasteiger partial charge >= 0.3 is 6.18 Å². The lowest BCUT2D eigenvalue weighted by Crippen LogP contribution is -2.20. The fourth-order valence-electron chi connectivity index (χ4n) is 1.11. The van der Waals surface area contributed by atoms with Crippen LogP contribution < -0.4 is 0 Å². The van der Waals surface area contributed by atoms with Gasteiger partial charge in [0.2, 0.25) is 0 Å². The molecule has 15 heavy (non-hydrogen) atoms. The molecule has 0 bridgehead atoms. The van der Waals surface area contributed by atoms with Crippen molar-refractivity contribution < 1.29 is 23.4 Å². The Labute approximate surface area is 92.5 Å². The summed E-state index contributed by atoms with van der Waals surface area (Å²) in [6.45, 7) is 1.45. The Balaban J connectivity index is 3.17. The number of hydrogen-bond donors (Lipinski definition) is 2. The minimum Gasteiger partial charge on any atom is -0.506 e. The highest BCUT2D eigenvalue weighted by atomic mass is 79.9. The van der Waals surface area contributed by atoms with E-state index in [1.807, 2.05) is 0 Å². The summed E-state index contributed by atoms with van der Waals surface area (Å²) >= 11 is 2.90. The van der Waals surface area contributed by atoms with Crippen molar-refractivity contribution >= 4 is 15.9 Å². The Bertz CT molecular complexity index is 353. The number of aromatic hydroxyl groups is 1. The monoisotopic (exact) mass is 284 g/mol. The Morgan fingerprint density at radius 3 is 2.27 bits per heavy atom. The van der Waals surface area contributed by atoms with Gasteiger partial charge in [-0.2, -0.15) is 13.2 Å². The Hall–Kier alpha value is -0.750.